The molecule has 0 saturated carbocycles. The van der Waals surface area contributed by atoms with Crippen molar-refractivity contribution in [3.63, 3.8) is 0 Å². The summed E-state index contributed by atoms with van der Waals surface area (Å²) in [4.78, 5) is 24.0. The van der Waals surface area contributed by atoms with Crippen molar-refractivity contribution >= 4 is 28.6 Å². The maximum absolute atomic E-state index is 13.7. The van der Waals surface area contributed by atoms with Crippen molar-refractivity contribution in [3.8, 4) is 5.75 Å². The number of likely N-dealkylation sites (tertiary alicyclic amines) is 1. The number of nitrogens with one attached hydrogen (secondary N) is 1. The Morgan fingerprint density at radius 1 is 1.06 bits per heavy atom. The van der Waals surface area contributed by atoms with E-state index in [1.54, 1.807) is 0 Å². The molecule has 1 aliphatic rings. The number of aromatic amines is 1. The van der Waals surface area contributed by atoms with Gasteiger partial charge in [-0.25, -0.2) is 4.98 Å². The van der Waals surface area contributed by atoms with E-state index in [-0.39, 0.29) is 5.91 Å². The molecule has 0 atom stereocenters. The molecule has 1 amide bonds. The van der Waals surface area contributed by atoms with Gasteiger partial charge >= 0.3 is 0 Å². The molecule has 1 N–H and O–H groups in total. The fourth-order valence-electron chi connectivity index (χ4n) is 4.74. The molecule has 5 rings (SSSR count). The highest BCUT2D eigenvalue weighted by Crippen LogP contribution is 2.30. The van der Waals surface area contributed by atoms with Crippen molar-refractivity contribution in [3.05, 3.63) is 95.3 Å². The van der Waals surface area contributed by atoms with E-state index in [1.165, 1.54) is 5.56 Å². The van der Waals surface area contributed by atoms with Crippen LogP contribution in [0.5, 0.6) is 5.75 Å². The Morgan fingerprint density at radius 3 is 2.51 bits per heavy atom. The highest BCUT2D eigenvalue weighted by atomic mass is 16.5. The van der Waals surface area contributed by atoms with Crippen LogP contribution < -0.4 is 4.74 Å². The number of amides is 1. The maximum atomic E-state index is 13.7. The Balaban J connectivity index is 1.34. The number of hydrogen-bond acceptors (Lipinski definition) is 3. The van der Waals surface area contributed by atoms with Crippen LogP contribution in [0.1, 0.15) is 48.2 Å². The standard InChI is InChI=1S/C30H31N3O2/c1-3-35-25-12-10-22(11-13-25)20-26(23-7-5-4-6-8-23)30(34)33-17-15-24(16-18-33)29-31-27-14-9-21(2)19-28(27)32-29/h4-14,19-20,24H,3,15-18H2,1-2H3,(H,31,32)/b26-20+. The smallest absolute Gasteiger partial charge is 0.254 e. The minimum absolute atomic E-state index is 0.0729. The Labute approximate surface area is 206 Å². The van der Waals surface area contributed by atoms with Crippen LogP contribution in [0.15, 0.2) is 72.8 Å². The van der Waals surface area contributed by atoms with Gasteiger partial charge in [0.1, 0.15) is 11.6 Å². The lowest BCUT2D eigenvalue weighted by molar-refractivity contribution is -0.126. The first-order valence-corrected chi connectivity index (χ1v) is 12.4. The second-order valence-electron chi connectivity index (χ2n) is 9.14. The number of benzene rings is 3. The summed E-state index contributed by atoms with van der Waals surface area (Å²) in [7, 11) is 0. The average Bonchev–Trinajstić information content (AvgIpc) is 3.32. The lowest BCUT2D eigenvalue weighted by atomic mass is 9.94. The molecule has 0 spiro atoms. The molecule has 1 aromatic heterocycles. The highest BCUT2D eigenvalue weighted by Gasteiger charge is 2.28. The number of carbonyl (C=O) groups excluding carboxylic acids is 1. The number of piperidine rings is 1. The first-order valence-electron chi connectivity index (χ1n) is 12.4. The number of hydrogen-bond donors (Lipinski definition) is 1. The number of H-pyrrole nitrogens is 1. The second-order valence-corrected chi connectivity index (χ2v) is 9.14. The SMILES string of the molecule is CCOc1ccc(/C=C(/C(=O)N2CCC(c3nc4ccc(C)cc4[nH]3)CC2)c2ccccc2)cc1. The zero-order valence-electron chi connectivity index (χ0n) is 20.3. The molecule has 178 valence electrons. The summed E-state index contributed by atoms with van der Waals surface area (Å²) in [6.45, 7) is 6.13. The van der Waals surface area contributed by atoms with Crippen molar-refractivity contribution in [2.75, 3.05) is 19.7 Å². The number of aryl methyl sites for hydroxylation is 1. The van der Waals surface area contributed by atoms with E-state index in [2.05, 4.69) is 30.1 Å². The van der Waals surface area contributed by atoms with E-state index >= 15 is 0 Å². The van der Waals surface area contributed by atoms with Gasteiger partial charge in [0.2, 0.25) is 0 Å². The van der Waals surface area contributed by atoms with Crippen LogP contribution in [-0.4, -0.2) is 40.5 Å². The Morgan fingerprint density at radius 2 is 1.80 bits per heavy atom. The fraction of sp³-hybridized carbons (Fsp3) is 0.267. The van der Waals surface area contributed by atoms with Gasteiger partial charge in [0, 0.05) is 24.6 Å². The van der Waals surface area contributed by atoms with Crippen LogP contribution in [-0.2, 0) is 4.79 Å². The van der Waals surface area contributed by atoms with Crippen molar-refractivity contribution in [1.29, 1.82) is 0 Å². The molecule has 0 aliphatic carbocycles. The summed E-state index contributed by atoms with van der Waals surface area (Å²) in [5.41, 5.74) is 5.94. The van der Waals surface area contributed by atoms with Crippen LogP contribution >= 0.6 is 0 Å². The van der Waals surface area contributed by atoms with E-state index in [9.17, 15) is 4.79 Å². The number of fused-ring (bicyclic) bond motifs is 1. The predicted octanol–water partition coefficient (Wildman–Crippen LogP) is 6.22. The Kier molecular flexibility index (Phi) is 6.66. The first-order chi connectivity index (χ1) is 17.1. The molecule has 1 saturated heterocycles. The van der Waals surface area contributed by atoms with Gasteiger partial charge in [-0.3, -0.25) is 4.79 Å². The van der Waals surface area contributed by atoms with E-state index < -0.39 is 0 Å². The van der Waals surface area contributed by atoms with Crippen LogP contribution in [0.25, 0.3) is 22.7 Å². The van der Waals surface area contributed by atoms with Crippen molar-refractivity contribution in [1.82, 2.24) is 14.9 Å². The summed E-state index contributed by atoms with van der Waals surface area (Å²) in [6.07, 6.45) is 3.78. The Hall–Kier alpha value is -3.86. The molecule has 5 heteroatoms. The molecule has 0 unspecified atom stereocenters. The third-order valence-electron chi connectivity index (χ3n) is 6.64. The van der Waals surface area contributed by atoms with Gasteiger partial charge in [0.15, 0.2) is 0 Å². The van der Waals surface area contributed by atoms with Gasteiger partial charge in [0.25, 0.3) is 5.91 Å². The zero-order valence-corrected chi connectivity index (χ0v) is 20.3. The number of ether oxygens (including phenoxy) is 1. The minimum Gasteiger partial charge on any atom is -0.494 e. The average molecular weight is 466 g/mol. The molecule has 0 bridgehead atoms. The lowest BCUT2D eigenvalue weighted by Gasteiger charge is -2.32. The first kappa shape index (κ1) is 22.9. The molecular formula is C30H31N3O2. The van der Waals surface area contributed by atoms with Crippen LogP contribution in [0, 0.1) is 6.92 Å². The Bertz CT molecular complexity index is 1330. The molecule has 35 heavy (non-hydrogen) atoms. The molecule has 5 nitrogen and oxygen atoms in total. The summed E-state index contributed by atoms with van der Waals surface area (Å²) >= 11 is 0. The van der Waals surface area contributed by atoms with Gasteiger partial charge in [0.05, 0.1) is 17.6 Å². The van der Waals surface area contributed by atoms with Gasteiger partial charge < -0.3 is 14.6 Å². The maximum Gasteiger partial charge on any atom is 0.254 e. The summed E-state index contributed by atoms with van der Waals surface area (Å²) < 4.78 is 5.56. The van der Waals surface area contributed by atoms with Crippen molar-refractivity contribution in [2.45, 2.75) is 32.6 Å². The predicted molar refractivity (Wildman–Crippen MR) is 141 cm³/mol. The number of carbonyl (C=O) groups is 1. The van der Waals surface area contributed by atoms with E-state index in [0.29, 0.717) is 31.2 Å². The number of aromatic nitrogens is 2. The summed E-state index contributed by atoms with van der Waals surface area (Å²) in [5, 5.41) is 0. The van der Waals surface area contributed by atoms with Crippen molar-refractivity contribution < 1.29 is 9.53 Å². The quantitative estimate of drug-likeness (QED) is 0.272. The molecule has 3 aromatic carbocycles. The molecule has 0 radical (unpaired) electrons. The second kappa shape index (κ2) is 10.2. The molecule has 4 aromatic rings. The molecule has 2 heterocycles. The van der Waals surface area contributed by atoms with Gasteiger partial charge in [-0.15, -0.1) is 0 Å². The highest BCUT2D eigenvalue weighted by molar-refractivity contribution is 6.24. The van der Waals surface area contributed by atoms with Crippen LogP contribution in [0.3, 0.4) is 0 Å². The van der Waals surface area contributed by atoms with Crippen LogP contribution in [0.4, 0.5) is 0 Å². The largest absolute Gasteiger partial charge is 0.494 e. The zero-order chi connectivity index (χ0) is 24.2. The van der Waals surface area contributed by atoms with Crippen molar-refractivity contribution in [2.24, 2.45) is 0 Å². The third kappa shape index (κ3) is 5.14. The summed E-state index contributed by atoms with van der Waals surface area (Å²) in [5.74, 6) is 2.27. The number of rotatable bonds is 6. The number of imidazole rings is 1. The fourth-order valence-corrected chi connectivity index (χ4v) is 4.74. The minimum atomic E-state index is 0.0729. The molecule has 1 aliphatic heterocycles. The van der Waals surface area contributed by atoms with Gasteiger partial charge in [-0.2, -0.15) is 0 Å². The van der Waals surface area contributed by atoms with Gasteiger partial charge in [-0.05, 0) is 73.7 Å². The normalized spacial score (nSPS) is 14.9. The monoisotopic (exact) mass is 465 g/mol. The number of nitrogens with zero attached hydrogens (tertiary/aromatic N) is 2. The lowest BCUT2D eigenvalue weighted by Crippen LogP contribution is -2.38. The molecule has 1 fully saturated rings. The molecular weight excluding hydrogens is 434 g/mol. The summed E-state index contributed by atoms with van der Waals surface area (Å²) in [6, 6.07) is 24.1. The van der Waals surface area contributed by atoms with E-state index in [0.717, 1.165) is 46.6 Å². The van der Waals surface area contributed by atoms with E-state index in [1.807, 2.05) is 72.5 Å². The van der Waals surface area contributed by atoms with E-state index in [4.69, 9.17) is 9.72 Å². The topological polar surface area (TPSA) is 58.2 Å². The van der Waals surface area contributed by atoms with Crippen LogP contribution in [0.2, 0.25) is 0 Å². The third-order valence-corrected chi connectivity index (χ3v) is 6.64. The van der Waals surface area contributed by atoms with Gasteiger partial charge in [-0.1, -0.05) is 48.5 Å².